The topological polar surface area (TPSA) is 82.6 Å². The van der Waals surface area contributed by atoms with Gasteiger partial charge in [0.1, 0.15) is 11.7 Å². The first-order valence-electron chi connectivity index (χ1n) is 8.25. The monoisotopic (exact) mass is 328 g/mol. The number of nitrogen functional groups attached to an aromatic ring is 1. The quantitative estimate of drug-likeness (QED) is 0.740. The highest BCUT2D eigenvalue weighted by Gasteiger charge is 2.43. The molecule has 2 heterocycles. The number of anilines is 2. The van der Waals surface area contributed by atoms with E-state index in [2.05, 4.69) is 11.0 Å². The summed E-state index contributed by atoms with van der Waals surface area (Å²) in [5.74, 6) is 0.155. The summed E-state index contributed by atoms with van der Waals surface area (Å²) in [4.78, 5) is 16.3. The van der Waals surface area contributed by atoms with Gasteiger partial charge in [0, 0.05) is 37.8 Å². The number of likely N-dealkylation sites (tertiary alicyclic amines) is 1. The van der Waals surface area contributed by atoms with E-state index >= 15 is 0 Å². The molecule has 6 nitrogen and oxygen atoms in total. The smallest absolute Gasteiger partial charge is 0.410 e. The Morgan fingerprint density at radius 2 is 2.12 bits per heavy atom. The number of nitriles is 1. The highest BCUT2D eigenvalue weighted by molar-refractivity contribution is 5.75. The summed E-state index contributed by atoms with van der Waals surface area (Å²) in [6, 6.07) is 6.19. The number of hydrogen-bond acceptors (Lipinski definition) is 5. The third-order valence-corrected chi connectivity index (χ3v) is 4.76. The van der Waals surface area contributed by atoms with E-state index in [1.165, 1.54) is 0 Å². The fourth-order valence-electron chi connectivity index (χ4n) is 3.81. The number of fused-ring (bicyclic) bond motifs is 3. The first-order valence-corrected chi connectivity index (χ1v) is 8.25. The fraction of sp³-hybridized carbons (Fsp3) is 0.556. The lowest BCUT2D eigenvalue weighted by Gasteiger charge is -2.38. The number of piperidine rings is 1. The highest BCUT2D eigenvalue weighted by atomic mass is 16.6. The number of hydrogen-bond donors (Lipinski definition) is 1. The van der Waals surface area contributed by atoms with Crippen molar-refractivity contribution in [1.29, 1.82) is 5.26 Å². The van der Waals surface area contributed by atoms with Gasteiger partial charge in [-0.2, -0.15) is 5.26 Å². The van der Waals surface area contributed by atoms with E-state index in [9.17, 15) is 10.1 Å². The van der Waals surface area contributed by atoms with Gasteiger partial charge >= 0.3 is 6.09 Å². The molecule has 0 unspecified atom stereocenters. The highest BCUT2D eigenvalue weighted by Crippen LogP contribution is 2.46. The lowest BCUT2D eigenvalue weighted by molar-refractivity contribution is 0.0190. The summed E-state index contributed by atoms with van der Waals surface area (Å²) in [5, 5.41) is 9.43. The van der Waals surface area contributed by atoms with E-state index in [0.717, 1.165) is 17.7 Å². The molecule has 2 atom stereocenters. The van der Waals surface area contributed by atoms with Crippen LogP contribution >= 0.6 is 0 Å². The number of carbonyl (C=O) groups is 1. The Morgan fingerprint density at radius 3 is 2.75 bits per heavy atom. The maximum absolute atomic E-state index is 12.4. The van der Waals surface area contributed by atoms with Gasteiger partial charge in [-0.15, -0.1) is 0 Å². The Hall–Kier alpha value is -2.42. The maximum Gasteiger partial charge on any atom is 0.410 e. The molecule has 1 amide bonds. The first kappa shape index (κ1) is 16.4. The van der Waals surface area contributed by atoms with Crippen molar-refractivity contribution in [2.45, 2.75) is 44.8 Å². The van der Waals surface area contributed by atoms with Gasteiger partial charge in [0.05, 0.1) is 11.3 Å². The predicted molar refractivity (Wildman–Crippen MR) is 92.9 cm³/mol. The van der Waals surface area contributed by atoms with Crippen molar-refractivity contribution >= 4 is 17.5 Å². The zero-order valence-corrected chi connectivity index (χ0v) is 14.7. The van der Waals surface area contributed by atoms with Crippen LogP contribution in [0.5, 0.6) is 0 Å². The molecule has 1 fully saturated rings. The second-order valence-electron chi connectivity index (χ2n) is 7.62. The molecule has 0 bridgehead atoms. The lowest BCUT2D eigenvalue weighted by Crippen LogP contribution is -2.48. The van der Waals surface area contributed by atoms with Gasteiger partial charge in [0.2, 0.25) is 0 Å². The molecule has 0 saturated carbocycles. The molecular weight excluding hydrogens is 304 g/mol. The van der Waals surface area contributed by atoms with Gasteiger partial charge < -0.3 is 20.3 Å². The van der Waals surface area contributed by atoms with Crippen molar-refractivity contribution in [2.75, 3.05) is 30.8 Å². The summed E-state index contributed by atoms with van der Waals surface area (Å²) in [6.07, 6.45) is 0.571. The largest absolute Gasteiger partial charge is 0.444 e. The minimum atomic E-state index is -0.503. The van der Waals surface area contributed by atoms with Crippen LogP contribution in [0, 0.1) is 11.3 Å². The van der Waals surface area contributed by atoms with Crippen LogP contribution in [0.3, 0.4) is 0 Å². The molecule has 2 N–H and O–H groups in total. The molecule has 0 aromatic heterocycles. The van der Waals surface area contributed by atoms with Gasteiger partial charge in [-0.3, -0.25) is 0 Å². The molecule has 2 aliphatic heterocycles. The Morgan fingerprint density at radius 1 is 1.42 bits per heavy atom. The zero-order valence-electron chi connectivity index (χ0n) is 14.7. The van der Waals surface area contributed by atoms with Crippen LogP contribution in [0.1, 0.15) is 44.2 Å². The van der Waals surface area contributed by atoms with Crippen LogP contribution < -0.4 is 10.6 Å². The minimum absolute atomic E-state index is 0.155. The summed E-state index contributed by atoms with van der Waals surface area (Å²) >= 11 is 0. The zero-order chi connectivity index (χ0) is 17.6. The lowest BCUT2D eigenvalue weighted by atomic mass is 9.88. The van der Waals surface area contributed by atoms with Gasteiger partial charge in [0.15, 0.2) is 0 Å². The Kier molecular flexibility index (Phi) is 3.83. The van der Waals surface area contributed by atoms with E-state index in [4.69, 9.17) is 10.5 Å². The molecule has 1 saturated heterocycles. The van der Waals surface area contributed by atoms with E-state index in [1.54, 1.807) is 11.0 Å². The molecule has 0 aliphatic carbocycles. The van der Waals surface area contributed by atoms with Gasteiger partial charge in [0.25, 0.3) is 0 Å². The molecule has 1 aromatic carbocycles. The Balaban J connectivity index is 1.90. The number of ether oxygens (including phenoxy) is 1. The summed E-state index contributed by atoms with van der Waals surface area (Å²) in [7, 11) is 2.02. The van der Waals surface area contributed by atoms with Crippen LogP contribution in [-0.4, -0.2) is 42.8 Å². The number of rotatable bonds is 0. The maximum atomic E-state index is 12.4. The Bertz CT molecular complexity index is 717. The van der Waals surface area contributed by atoms with Crippen LogP contribution in [0.4, 0.5) is 16.2 Å². The molecule has 2 aliphatic rings. The number of carbonyl (C=O) groups excluding carboxylic acids is 1. The van der Waals surface area contributed by atoms with Crippen LogP contribution in [-0.2, 0) is 4.74 Å². The Labute approximate surface area is 142 Å². The summed E-state index contributed by atoms with van der Waals surface area (Å²) < 4.78 is 5.51. The van der Waals surface area contributed by atoms with Gasteiger partial charge in [-0.25, -0.2) is 4.79 Å². The second-order valence-corrected chi connectivity index (χ2v) is 7.62. The van der Waals surface area contributed by atoms with Crippen molar-refractivity contribution in [3.63, 3.8) is 0 Å². The average molecular weight is 328 g/mol. The molecule has 24 heavy (non-hydrogen) atoms. The number of likely N-dealkylation sites (N-methyl/N-ethyl adjacent to an activating group) is 1. The molecule has 128 valence electrons. The molecule has 3 rings (SSSR count). The average Bonchev–Trinajstić information content (AvgIpc) is 2.77. The fourth-order valence-corrected chi connectivity index (χ4v) is 3.81. The van der Waals surface area contributed by atoms with Crippen LogP contribution in [0.2, 0.25) is 0 Å². The normalized spacial score (nSPS) is 22.6. The molecule has 0 spiro atoms. The van der Waals surface area contributed by atoms with Crippen molar-refractivity contribution in [3.8, 4) is 6.07 Å². The predicted octanol–water partition coefficient (Wildman–Crippen LogP) is 2.68. The van der Waals surface area contributed by atoms with E-state index in [-0.39, 0.29) is 18.1 Å². The van der Waals surface area contributed by atoms with E-state index in [1.807, 2.05) is 33.9 Å². The SMILES string of the molecule is CN1c2c(C#N)cc(N)cc2[C@@H]2CN(C(=O)OC(C)(C)C)CC[C@@H]21. The standard InChI is InChI=1S/C18H24N4O2/c1-18(2,3)24-17(23)22-6-5-15-14(10-22)13-8-12(20)7-11(9-19)16(13)21(15)4/h7-8,14-15H,5-6,10,20H2,1-4H3/t14-,15-/m0/s1. The summed E-state index contributed by atoms with van der Waals surface area (Å²) in [5.41, 5.74) is 8.68. The van der Waals surface area contributed by atoms with Gasteiger partial charge in [-0.05, 0) is 44.9 Å². The van der Waals surface area contributed by atoms with Crippen molar-refractivity contribution in [1.82, 2.24) is 4.90 Å². The third-order valence-electron chi connectivity index (χ3n) is 4.76. The number of benzene rings is 1. The molecule has 6 heteroatoms. The van der Waals surface area contributed by atoms with Crippen molar-refractivity contribution < 1.29 is 9.53 Å². The van der Waals surface area contributed by atoms with Gasteiger partial charge in [-0.1, -0.05) is 0 Å². The number of nitrogens with zero attached hydrogens (tertiary/aromatic N) is 3. The minimum Gasteiger partial charge on any atom is -0.444 e. The summed E-state index contributed by atoms with van der Waals surface area (Å²) in [6.45, 7) is 6.86. The molecule has 0 radical (unpaired) electrons. The molecular formula is C18H24N4O2. The van der Waals surface area contributed by atoms with Crippen LogP contribution in [0.25, 0.3) is 0 Å². The van der Waals surface area contributed by atoms with Crippen molar-refractivity contribution in [2.24, 2.45) is 0 Å². The van der Waals surface area contributed by atoms with E-state index in [0.29, 0.717) is 24.3 Å². The molecule has 1 aromatic rings. The van der Waals surface area contributed by atoms with Crippen molar-refractivity contribution in [3.05, 3.63) is 23.3 Å². The first-order chi connectivity index (χ1) is 11.2. The third kappa shape index (κ3) is 2.75. The van der Waals surface area contributed by atoms with E-state index < -0.39 is 5.60 Å². The number of nitrogens with two attached hydrogens (primary N) is 1. The van der Waals surface area contributed by atoms with Crippen LogP contribution in [0.15, 0.2) is 12.1 Å². The second kappa shape index (κ2) is 5.59. The number of amides is 1.